The van der Waals surface area contributed by atoms with Gasteiger partial charge in [0.1, 0.15) is 5.69 Å². The van der Waals surface area contributed by atoms with E-state index in [2.05, 4.69) is 15.9 Å². The van der Waals surface area contributed by atoms with Crippen LogP contribution in [-0.2, 0) is 4.79 Å². The number of carbonyl (C=O) groups is 1. The van der Waals surface area contributed by atoms with Gasteiger partial charge in [-0.05, 0) is 11.6 Å². The van der Waals surface area contributed by atoms with Crippen molar-refractivity contribution in [2.45, 2.75) is 19.8 Å². The predicted molar refractivity (Wildman–Crippen MR) is 67.2 cm³/mol. The molecule has 0 aromatic heterocycles. The summed E-state index contributed by atoms with van der Waals surface area (Å²) in [4.78, 5) is 23.6. The number of halogens is 1. The van der Waals surface area contributed by atoms with Crippen LogP contribution in [0.3, 0.4) is 0 Å². The zero-order chi connectivity index (χ0) is 12.7. The predicted octanol–water partition coefficient (Wildman–Crippen LogP) is 2.83. The van der Waals surface area contributed by atoms with Crippen LogP contribution in [0.15, 0.2) is 16.6 Å². The summed E-state index contributed by atoms with van der Waals surface area (Å²) >= 11 is 3.26. The molecule has 0 N–H and O–H groups in total. The maximum atomic E-state index is 11.5. The second-order valence-electron chi connectivity index (χ2n) is 4.15. The second kappa shape index (κ2) is 4.10. The van der Waals surface area contributed by atoms with Crippen molar-refractivity contribution in [2.75, 3.05) is 11.4 Å². The number of rotatable bonds is 1. The maximum Gasteiger partial charge on any atom is 0.294 e. The molecule has 2 rings (SSSR count). The van der Waals surface area contributed by atoms with Crippen LogP contribution in [0.5, 0.6) is 0 Å². The van der Waals surface area contributed by atoms with Crippen LogP contribution in [0.2, 0.25) is 0 Å². The van der Waals surface area contributed by atoms with Gasteiger partial charge in [-0.3, -0.25) is 14.9 Å². The van der Waals surface area contributed by atoms with Crippen LogP contribution in [-0.4, -0.2) is 17.4 Å². The Kier molecular flexibility index (Phi) is 2.91. The van der Waals surface area contributed by atoms with Crippen molar-refractivity contribution in [3.63, 3.8) is 0 Å². The van der Waals surface area contributed by atoms with Crippen LogP contribution < -0.4 is 4.90 Å². The number of carbonyl (C=O) groups excluding carboxylic acids is 1. The third-order valence-electron chi connectivity index (χ3n) is 2.92. The highest BCUT2D eigenvalue weighted by Gasteiger charge is 2.35. The van der Waals surface area contributed by atoms with Gasteiger partial charge < -0.3 is 4.90 Å². The number of fused-ring (bicyclic) bond motifs is 1. The molecule has 0 fully saturated rings. The molecule has 17 heavy (non-hydrogen) atoms. The van der Waals surface area contributed by atoms with E-state index in [1.165, 1.54) is 17.9 Å². The molecule has 0 bridgehead atoms. The van der Waals surface area contributed by atoms with E-state index in [-0.39, 0.29) is 17.5 Å². The standard InChI is InChI=1S/C11H11BrN2O3/c1-6-5-13(7(2)15)11-9(6)3-8(12)4-10(11)14(16)17/h3-4,6H,5H2,1-2H3/t6-/m0/s1. The number of benzene rings is 1. The molecule has 5 nitrogen and oxygen atoms in total. The molecular formula is C11H11BrN2O3. The molecule has 1 atom stereocenters. The summed E-state index contributed by atoms with van der Waals surface area (Å²) in [6, 6.07) is 3.28. The number of hydrogen-bond acceptors (Lipinski definition) is 3. The summed E-state index contributed by atoms with van der Waals surface area (Å²) in [6.45, 7) is 3.88. The quantitative estimate of drug-likeness (QED) is 0.591. The average molecular weight is 299 g/mol. The smallest absolute Gasteiger partial charge is 0.294 e. The van der Waals surface area contributed by atoms with Crippen LogP contribution in [0.4, 0.5) is 11.4 Å². The summed E-state index contributed by atoms with van der Waals surface area (Å²) in [5, 5.41) is 11.0. The molecule has 1 aromatic rings. The number of nitrogens with zero attached hydrogens (tertiary/aromatic N) is 2. The summed E-state index contributed by atoms with van der Waals surface area (Å²) < 4.78 is 0.667. The molecule has 0 saturated heterocycles. The van der Waals surface area contributed by atoms with Crippen molar-refractivity contribution in [1.29, 1.82) is 0 Å². The molecular weight excluding hydrogens is 288 g/mol. The SMILES string of the molecule is CC(=O)N1C[C@H](C)c2cc(Br)cc([N+](=O)[O-])c21. The lowest BCUT2D eigenvalue weighted by Crippen LogP contribution is -2.27. The number of hydrogen-bond donors (Lipinski definition) is 0. The topological polar surface area (TPSA) is 63.5 Å². The largest absolute Gasteiger partial charge is 0.306 e. The number of nitro groups is 1. The van der Waals surface area contributed by atoms with Crippen LogP contribution >= 0.6 is 15.9 Å². The summed E-state index contributed by atoms with van der Waals surface area (Å²) in [5.74, 6) is -0.0499. The molecule has 6 heteroatoms. The van der Waals surface area contributed by atoms with E-state index >= 15 is 0 Å². The van der Waals surface area contributed by atoms with Gasteiger partial charge in [0, 0.05) is 29.9 Å². The van der Waals surface area contributed by atoms with Gasteiger partial charge >= 0.3 is 0 Å². The second-order valence-corrected chi connectivity index (χ2v) is 5.07. The molecule has 1 aliphatic heterocycles. The van der Waals surface area contributed by atoms with Gasteiger partial charge in [0.15, 0.2) is 0 Å². The van der Waals surface area contributed by atoms with Gasteiger partial charge in [0.05, 0.1) is 4.92 Å². The van der Waals surface area contributed by atoms with E-state index in [0.717, 1.165) is 5.56 Å². The van der Waals surface area contributed by atoms with Gasteiger partial charge in [-0.2, -0.15) is 0 Å². The fraction of sp³-hybridized carbons (Fsp3) is 0.364. The molecule has 0 aliphatic carbocycles. The fourth-order valence-electron chi connectivity index (χ4n) is 2.16. The molecule has 1 amide bonds. The molecule has 1 aliphatic rings. The van der Waals surface area contributed by atoms with E-state index in [0.29, 0.717) is 16.7 Å². The summed E-state index contributed by atoms with van der Waals surface area (Å²) in [7, 11) is 0. The molecule has 0 unspecified atom stereocenters. The van der Waals surface area contributed by atoms with Crippen molar-refractivity contribution in [2.24, 2.45) is 0 Å². The van der Waals surface area contributed by atoms with Crippen molar-refractivity contribution in [3.8, 4) is 0 Å². The van der Waals surface area contributed by atoms with E-state index in [1.807, 2.05) is 13.0 Å². The number of nitro benzene ring substituents is 1. The highest BCUT2D eigenvalue weighted by atomic mass is 79.9. The minimum absolute atomic E-state index is 0.0195. The van der Waals surface area contributed by atoms with Crippen LogP contribution in [0, 0.1) is 10.1 Å². The Morgan fingerprint density at radius 3 is 2.76 bits per heavy atom. The number of amides is 1. The highest BCUT2D eigenvalue weighted by molar-refractivity contribution is 9.10. The Morgan fingerprint density at radius 2 is 2.24 bits per heavy atom. The number of anilines is 1. The first-order valence-electron chi connectivity index (χ1n) is 5.17. The minimum Gasteiger partial charge on any atom is -0.306 e. The third kappa shape index (κ3) is 1.93. The third-order valence-corrected chi connectivity index (χ3v) is 3.38. The van der Waals surface area contributed by atoms with E-state index < -0.39 is 4.92 Å². The van der Waals surface area contributed by atoms with Crippen molar-refractivity contribution < 1.29 is 9.72 Å². The van der Waals surface area contributed by atoms with Crippen molar-refractivity contribution in [3.05, 3.63) is 32.3 Å². The van der Waals surface area contributed by atoms with Gasteiger partial charge in [0.2, 0.25) is 5.91 Å². The monoisotopic (exact) mass is 298 g/mol. The van der Waals surface area contributed by atoms with Gasteiger partial charge in [-0.1, -0.05) is 22.9 Å². The van der Waals surface area contributed by atoms with Crippen molar-refractivity contribution >= 4 is 33.2 Å². The molecule has 1 aromatic carbocycles. The summed E-state index contributed by atoms with van der Waals surface area (Å²) in [5.41, 5.74) is 1.27. The summed E-state index contributed by atoms with van der Waals surface area (Å²) in [6.07, 6.45) is 0. The Morgan fingerprint density at radius 1 is 1.59 bits per heavy atom. The van der Waals surface area contributed by atoms with E-state index in [9.17, 15) is 14.9 Å². The lowest BCUT2D eigenvalue weighted by molar-refractivity contribution is -0.384. The van der Waals surface area contributed by atoms with Gasteiger partial charge in [-0.15, -0.1) is 0 Å². The minimum atomic E-state index is -0.447. The van der Waals surface area contributed by atoms with Crippen molar-refractivity contribution in [1.82, 2.24) is 0 Å². The van der Waals surface area contributed by atoms with E-state index in [1.54, 1.807) is 0 Å². The maximum absolute atomic E-state index is 11.5. The first kappa shape index (κ1) is 12.0. The van der Waals surface area contributed by atoms with Gasteiger partial charge in [0.25, 0.3) is 5.69 Å². The highest BCUT2D eigenvalue weighted by Crippen LogP contribution is 2.44. The first-order chi connectivity index (χ1) is 7.91. The average Bonchev–Trinajstić information content (AvgIpc) is 2.55. The Balaban J connectivity index is 2.69. The zero-order valence-electron chi connectivity index (χ0n) is 9.44. The van der Waals surface area contributed by atoms with E-state index in [4.69, 9.17) is 0 Å². The molecule has 0 radical (unpaired) electrons. The lowest BCUT2D eigenvalue weighted by Gasteiger charge is -2.14. The fourth-order valence-corrected chi connectivity index (χ4v) is 2.63. The molecule has 0 saturated carbocycles. The zero-order valence-corrected chi connectivity index (χ0v) is 11.0. The normalized spacial score (nSPS) is 18.1. The molecule has 1 heterocycles. The Hall–Kier alpha value is -1.43. The first-order valence-corrected chi connectivity index (χ1v) is 5.97. The molecule has 90 valence electrons. The van der Waals surface area contributed by atoms with Crippen LogP contribution in [0.25, 0.3) is 0 Å². The molecule has 0 spiro atoms. The lowest BCUT2D eigenvalue weighted by atomic mass is 10.0. The Bertz CT molecular complexity index is 516. The van der Waals surface area contributed by atoms with Gasteiger partial charge in [-0.25, -0.2) is 0 Å². The Labute approximate surface area is 107 Å². The van der Waals surface area contributed by atoms with Crippen LogP contribution in [0.1, 0.15) is 25.3 Å².